The number of alkyl halides is 1. The van der Waals surface area contributed by atoms with E-state index in [-0.39, 0.29) is 23.7 Å². The van der Waals surface area contributed by atoms with E-state index in [1.807, 2.05) is 39.9 Å². The van der Waals surface area contributed by atoms with E-state index >= 15 is 0 Å². The molecule has 1 aromatic carbocycles. The summed E-state index contributed by atoms with van der Waals surface area (Å²) in [6.45, 7) is 2.08. The molecule has 4 heterocycles. The minimum absolute atomic E-state index is 0.0148. The summed E-state index contributed by atoms with van der Waals surface area (Å²) in [4.78, 5) is 25.9. The lowest BCUT2D eigenvalue weighted by atomic mass is 9.93. The third kappa shape index (κ3) is 5.33. The number of likely N-dealkylation sites (tertiary alicyclic amines) is 2. The van der Waals surface area contributed by atoms with E-state index in [0.717, 1.165) is 12.1 Å². The number of amides is 1. The van der Waals surface area contributed by atoms with E-state index in [4.69, 9.17) is 20.3 Å². The number of hydrogen-bond acceptors (Lipinski definition) is 8. The van der Waals surface area contributed by atoms with Crippen molar-refractivity contribution in [3.63, 3.8) is 0 Å². The van der Waals surface area contributed by atoms with E-state index in [2.05, 4.69) is 27.9 Å². The van der Waals surface area contributed by atoms with Crippen molar-refractivity contribution in [3.8, 4) is 23.3 Å². The largest absolute Gasteiger partial charge is 0.497 e. The molecule has 2 saturated heterocycles. The molecule has 216 valence electrons. The maximum absolute atomic E-state index is 13.5. The quantitative estimate of drug-likeness (QED) is 0.356. The second kappa shape index (κ2) is 11.7. The maximum atomic E-state index is 13.5. The van der Waals surface area contributed by atoms with Gasteiger partial charge < -0.3 is 20.1 Å². The molecule has 11 heteroatoms. The number of carbonyl (C=O) groups excluding carboxylic acids is 1. The van der Waals surface area contributed by atoms with E-state index < -0.39 is 6.17 Å². The van der Waals surface area contributed by atoms with E-state index in [0.29, 0.717) is 66.4 Å². The summed E-state index contributed by atoms with van der Waals surface area (Å²) in [6.07, 6.45) is 11.4. The number of fused-ring (bicyclic) bond motifs is 2. The molecule has 10 nitrogen and oxygen atoms in total. The van der Waals surface area contributed by atoms with Gasteiger partial charge in [-0.15, -0.1) is 0 Å². The first-order chi connectivity index (χ1) is 20.4. The fourth-order valence-electron chi connectivity index (χ4n) is 5.83. The molecule has 3 atom stereocenters. The second-order valence-electron chi connectivity index (χ2n) is 10.5. The van der Waals surface area contributed by atoms with Crippen LogP contribution >= 0.6 is 0 Å². The lowest BCUT2D eigenvalue weighted by Gasteiger charge is -2.21. The zero-order valence-corrected chi connectivity index (χ0v) is 23.5. The predicted molar refractivity (Wildman–Crippen MR) is 156 cm³/mol. The molecule has 42 heavy (non-hydrogen) atoms. The van der Waals surface area contributed by atoms with Gasteiger partial charge in [0.05, 0.1) is 25.6 Å². The third-order valence-electron chi connectivity index (χ3n) is 7.93. The molecule has 2 aliphatic heterocycles. The molecular formula is C31H32FN7O3. The van der Waals surface area contributed by atoms with Crippen LogP contribution in [0.25, 0.3) is 11.0 Å². The lowest BCUT2D eigenvalue weighted by molar-refractivity contribution is -0.123. The third-order valence-corrected chi connectivity index (χ3v) is 7.93. The Balaban J connectivity index is 1.32. The number of allylic oxidation sites excluding steroid dienone is 4. The summed E-state index contributed by atoms with van der Waals surface area (Å²) >= 11 is 0. The van der Waals surface area contributed by atoms with Crippen LogP contribution in [0.15, 0.2) is 60.6 Å². The summed E-state index contributed by atoms with van der Waals surface area (Å²) in [7, 11) is 3.17. The van der Waals surface area contributed by atoms with Gasteiger partial charge in [-0.05, 0) is 37.0 Å². The number of nitrogens with two attached hydrogens (primary N) is 1. The molecule has 0 radical (unpaired) electrons. The smallest absolute Gasteiger partial charge is 0.250 e. The fraction of sp³-hybridized carbons (Fsp3) is 0.355. The number of rotatable bonds is 6. The average Bonchev–Trinajstić information content (AvgIpc) is 3.71. The first-order valence-corrected chi connectivity index (χ1v) is 13.9. The van der Waals surface area contributed by atoms with Crippen LogP contribution in [-0.2, 0) is 4.79 Å². The molecule has 0 saturated carbocycles. The Morgan fingerprint density at radius 2 is 1.98 bits per heavy atom. The van der Waals surface area contributed by atoms with Gasteiger partial charge in [0, 0.05) is 55.5 Å². The lowest BCUT2D eigenvalue weighted by Crippen LogP contribution is -2.27. The van der Waals surface area contributed by atoms with Crippen molar-refractivity contribution in [1.82, 2.24) is 29.5 Å². The van der Waals surface area contributed by atoms with Gasteiger partial charge in [0.1, 0.15) is 35.5 Å². The standard InChI is InChI=1S/C31H32FN7O3/c1-41-22-14-20(15-23(16-22)42-2)9-10-25-29-30(33)34-19-35-31(29)39(36-25)27-18-38(26-7-4-3-6-24(26)27)28(40)8-5-12-37-13-11-21(32)17-37/h3-5,7-8,14-16,19,21,24,27H,6,11-13,17-18H2,1-2H3,(H2,33,34,35)/t21-,24?,27?/m0/s1. The Morgan fingerprint density at radius 3 is 2.71 bits per heavy atom. The van der Waals surface area contributed by atoms with Crippen molar-refractivity contribution < 1.29 is 18.7 Å². The Kier molecular flexibility index (Phi) is 7.63. The van der Waals surface area contributed by atoms with Crippen molar-refractivity contribution >= 4 is 22.8 Å². The van der Waals surface area contributed by atoms with Crippen LogP contribution in [0.4, 0.5) is 10.2 Å². The van der Waals surface area contributed by atoms with Crippen LogP contribution in [0, 0.1) is 17.8 Å². The first kappa shape index (κ1) is 27.5. The number of hydrogen-bond donors (Lipinski definition) is 1. The van der Waals surface area contributed by atoms with Crippen LogP contribution in [-0.4, -0.2) is 82.0 Å². The average molecular weight is 570 g/mol. The van der Waals surface area contributed by atoms with Crippen molar-refractivity contribution in [2.75, 3.05) is 46.1 Å². The zero-order chi connectivity index (χ0) is 29.2. The van der Waals surface area contributed by atoms with E-state index in [9.17, 15) is 9.18 Å². The molecular weight excluding hydrogens is 537 g/mol. The normalized spacial score (nSPS) is 21.8. The number of carbonyl (C=O) groups is 1. The van der Waals surface area contributed by atoms with Gasteiger partial charge >= 0.3 is 0 Å². The number of ether oxygens (including phenoxy) is 2. The Morgan fingerprint density at radius 1 is 1.17 bits per heavy atom. The van der Waals surface area contributed by atoms with E-state index in [1.54, 1.807) is 31.3 Å². The molecule has 1 aliphatic carbocycles. The number of nitrogen functional groups attached to an aromatic ring is 1. The molecule has 2 N–H and O–H groups in total. The Bertz CT molecular complexity index is 1650. The van der Waals surface area contributed by atoms with Crippen molar-refractivity contribution in [3.05, 3.63) is 71.9 Å². The van der Waals surface area contributed by atoms with Gasteiger partial charge in [-0.2, -0.15) is 5.10 Å². The van der Waals surface area contributed by atoms with Crippen molar-refractivity contribution in [1.29, 1.82) is 0 Å². The number of methoxy groups -OCH3 is 2. The van der Waals surface area contributed by atoms with E-state index in [1.165, 1.54) is 6.33 Å². The molecule has 1 amide bonds. The number of nitrogens with zero attached hydrogens (tertiary/aromatic N) is 6. The zero-order valence-electron chi connectivity index (χ0n) is 23.5. The summed E-state index contributed by atoms with van der Waals surface area (Å²) in [5.41, 5.74) is 8.95. The maximum Gasteiger partial charge on any atom is 0.250 e. The Labute approximate surface area is 243 Å². The summed E-state index contributed by atoms with van der Waals surface area (Å²) in [5.74, 6) is 7.73. The highest BCUT2D eigenvalue weighted by atomic mass is 19.1. The van der Waals surface area contributed by atoms with Crippen LogP contribution in [0.2, 0.25) is 0 Å². The van der Waals surface area contributed by atoms with Crippen molar-refractivity contribution in [2.24, 2.45) is 5.92 Å². The SMILES string of the molecule is COc1cc(C#Cc2nn(C3CN(C(=O)C=CCN4CC[C@H](F)C4)C4=CC=CCC43)c3ncnc(N)c23)cc(OC)c1. The molecule has 3 aliphatic rings. The number of aromatic nitrogens is 4. The summed E-state index contributed by atoms with van der Waals surface area (Å²) in [6, 6.07) is 5.22. The van der Waals surface area contributed by atoms with Gasteiger partial charge in [-0.3, -0.25) is 9.69 Å². The predicted octanol–water partition coefficient (Wildman–Crippen LogP) is 3.27. The fourth-order valence-corrected chi connectivity index (χ4v) is 5.83. The van der Waals surface area contributed by atoms with Gasteiger partial charge in [-0.25, -0.2) is 19.0 Å². The molecule has 0 bridgehead atoms. The highest BCUT2D eigenvalue weighted by molar-refractivity contribution is 5.91. The van der Waals surface area contributed by atoms with Crippen molar-refractivity contribution in [2.45, 2.75) is 25.1 Å². The molecule has 2 aromatic heterocycles. The summed E-state index contributed by atoms with van der Waals surface area (Å²) < 4.78 is 26.1. The highest BCUT2D eigenvalue weighted by Gasteiger charge is 2.42. The minimum atomic E-state index is -0.789. The highest BCUT2D eigenvalue weighted by Crippen LogP contribution is 2.42. The number of anilines is 1. The van der Waals surface area contributed by atoms with Gasteiger partial charge in [-0.1, -0.05) is 24.1 Å². The Hall–Kier alpha value is -4.69. The minimum Gasteiger partial charge on any atom is -0.497 e. The topological polar surface area (TPSA) is 112 Å². The van der Waals surface area contributed by atoms with Gasteiger partial charge in [0.15, 0.2) is 5.65 Å². The second-order valence-corrected chi connectivity index (χ2v) is 10.5. The molecule has 0 spiro atoms. The monoisotopic (exact) mass is 569 g/mol. The van der Waals surface area contributed by atoms with Crippen LogP contribution < -0.4 is 15.2 Å². The van der Waals surface area contributed by atoms with Gasteiger partial charge in [0.25, 0.3) is 5.91 Å². The van der Waals surface area contributed by atoms with Crippen LogP contribution in [0.5, 0.6) is 11.5 Å². The molecule has 2 fully saturated rings. The molecule has 6 rings (SSSR count). The first-order valence-electron chi connectivity index (χ1n) is 13.9. The van der Waals surface area contributed by atoms with Crippen LogP contribution in [0.1, 0.15) is 30.1 Å². The van der Waals surface area contributed by atoms with Crippen LogP contribution in [0.3, 0.4) is 0 Å². The summed E-state index contributed by atoms with van der Waals surface area (Å²) in [5, 5.41) is 5.46. The van der Waals surface area contributed by atoms with Gasteiger partial charge in [0.2, 0.25) is 0 Å². The number of halogens is 1. The number of benzene rings is 1. The molecule has 3 aromatic rings. The molecule has 2 unspecified atom stereocenters.